The van der Waals surface area contributed by atoms with Crippen LogP contribution in [0.25, 0.3) is 0 Å². The van der Waals surface area contributed by atoms with E-state index in [0.29, 0.717) is 18.1 Å². The quantitative estimate of drug-likeness (QED) is 0.171. The molecule has 1 heterocycles. The van der Waals surface area contributed by atoms with E-state index in [4.69, 9.17) is 14.2 Å². The second kappa shape index (κ2) is 14.8. The van der Waals surface area contributed by atoms with Gasteiger partial charge in [-0.25, -0.2) is 0 Å². The van der Waals surface area contributed by atoms with Crippen molar-refractivity contribution in [3.05, 3.63) is 29.8 Å². The lowest BCUT2D eigenvalue weighted by Gasteiger charge is -2.37. The van der Waals surface area contributed by atoms with Crippen molar-refractivity contribution >= 4 is 5.97 Å². The zero-order valence-electron chi connectivity index (χ0n) is 21.1. The van der Waals surface area contributed by atoms with E-state index >= 15 is 0 Å². The van der Waals surface area contributed by atoms with Gasteiger partial charge in [0.1, 0.15) is 5.75 Å². The highest BCUT2D eigenvalue weighted by Crippen LogP contribution is 2.38. The minimum Gasteiger partial charge on any atom is -0.427 e. The van der Waals surface area contributed by atoms with Crippen LogP contribution in [-0.4, -0.2) is 19.2 Å². The highest BCUT2D eigenvalue weighted by molar-refractivity contribution is 5.72. The van der Waals surface area contributed by atoms with Gasteiger partial charge in [-0.2, -0.15) is 0 Å². The van der Waals surface area contributed by atoms with Crippen LogP contribution in [0.15, 0.2) is 24.3 Å². The van der Waals surface area contributed by atoms with E-state index < -0.39 is 0 Å². The van der Waals surface area contributed by atoms with Gasteiger partial charge in [0.25, 0.3) is 0 Å². The summed E-state index contributed by atoms with van der Waals surface area (Å²) in [7, 11) is 0. The number of unbranched alkanes of at least 4 members (excludes halogenated alkanes) is 6. The van der Waals surface area contributed by atoms with Crippen LogP contribution in [0.1, 0.15) is 116 Å². The fraction of sp³-hybridized carbons (Fsp3) is 0.759. The van der Waals surface area contributed by atoms with Crippen LogP contribution < -0.4 is 4.74 Å². The number of ether oxygens (including phenoxy) is 3. The van der Waals surface area contributed by atoms with Crippen LogP contribution >= 0.6 is 0 Å². The Bertz CT molecular complexity index is 655. The first kappa shape index (κ1) is 26.2. The van der Waals surface area contributed by atoms with E-state index in [-0.39, 0.29) is 12.3 Å². The van der Waals surface area contributed by atoms with Crippen molar-refractivity contribution in [2.75, 3.05) is 13.2 Å². The smallest absolute Gasteiger partial charge is 0.311 e. The Labute approximate surface area is 201 Å². The molecule has 0 aromatic heterocycles. The Kier molecular flexibility index (Phi) is 11.7. The molecule has 0 radical (unpaired) electrons. The second-order valence-electron chi connectivity index (χ2n) is 10.2. The molecule has 1 aromatic carbocycles. The zero-order chi connectivity index (χ0) is 23.3. The fourth-order valence-electron chi connectivity index (χ4n) is 5.44. The molecule has 0 atom stereocenters. The van der Waals surface area contributed by atoms with E-state index in [1.54, 1.807) is 0 Å². The first-order chi connectivity index (χ1) is 16.2. The minimum atomic E-state index is -0.310. The van der Waals surface area contributed by atoms with Gasteiger partial charge in [0.05, 0.1) is 13.2 Å². The van der Waals surface area contributed by atoms with Gasteiger partial charge in [-0.3, -0.25) is 4.79 Å². The summed E-state index contributed by atoms with van der Waals surface area (Å²) in [4.78, 5) is 12.1. The molecule has 1 aliphatic heterocycles. The predicted molar refractivity (Wildman–Crippen MR) is 133 cm³/mol. The molecule has 1 saturated carbocycles. The summed E-state index contributed by atoms with van der Waals surface area (Å²) in [5, 5.41) is 0. The predicted octanol–water partition coefficient (Wildman–Crippen LogP) is 8.00. The third-order valence-corrected chi connectivity index (χ3v) is 7.55. The number of esters is 1. The Hall–Kier alpha value is -1.39. The summed E-state index contributed by atoms with van der Waals surface area (Å²) in [6, 6.07) is 7.62. The van der Waals surface area contributed by atoms with E-state index in [2.05, 4.69) is 13.8 Å². The molecule has 4 nitrogen and oxygen atoms in total. The summed E-state index contributed by atoms with van der Waals surface area (Å²) in [5.41, 5.74) is 0.993. The number of rotatable bonds is 13. The molecule has 2 aliphatic rings. The van der Waals surface area contributed by atoms with Crippen LogP contribution in [-0.2, 0) is 14.3 Å². The summed E-state index contributed by atoms with van der Waals surface area (Å²) < 4.78 is 17.7. The van der Waals surface area contributed by atoms with E-state index in [0.717, 1.165) is 43.5 Å². The Balaban J connectivity index is 1.32. The molecule has 2 fully saturated rings. The topological polar surface area (TPSA) is 44.8 Å². The Morgan fingerprint density at radius 1 is 0.818 bits per heavy atom. The van der Waals surface area contributed by atoms with E-state index in [1.807, 2.05) is 24.3 Å². The van der Waals surface area contributed by atoms with Gasteiger partial charge in [-0.05, 0) is 43.2 Å². The highest BCUT2D eigenvalue weighted by atomic mass is 16.7. The van der Waals surface area contributed by atoms with E-state index in [9.17, 15) is 4.79 Å². The molecule has 3 rings (SSSR count). The van der Waals surface area contributed by atoms with Crippen molar-refractivity contribution < 1.29 is 19.0 Å². The molecular formula is C29H46O4. The molecule has 1 aromatic rings. The van der Waals surface area contributed by atoms with Gasteiger partial charge in [0.2, 0.25) is 0 Å². The lowest BCUT2D eigenvalue weighted by molar-refractivity contribution is -0.214. The maximum absolute atomic E-state index is 12.1. The van der Waals surface area contributed by atoms with Gasteiger partial charge < -0.3 is 14.2 Å². The summed E-state index contributed by atoms with van der Waals surface area (Å²) in [6.45, 7) is 6.09. The molecule has 0 amide bonds. The third kappa shape index (κ3) is 9.05. The van der Waals surface area contributed by atoms with Crippen LogP contribution in [0, 0.1) is 17.8 Å². The van der Waals surface area contributed by atoms with Crippen molar-refractivity contribution in [1.29, 1.82) is 0 Å². The molecule has 33 heavy (non-hydrogen) atoms. The molecular weight excluding hydrogens is 412 g/mol. The van der Waals surface area contributed by atoms with Crippen molar-refractivity contribution in [1.82, 2.24) is 0 Å². The molecule has 0 N–H and O–H groups in total. The number of hydrogen-bond donors (Lipinski definition) is 0. The summed E-state index contributed by atoms with van der Waals surface area (Å²) >= 11 is 0. The summed E-state index contributed by atoms with van der Waals surface area (Å²) in [5.74, 6) is 2.67. The first-order valence-electron chi connectivity index (χ1n) is 13.7. The highest BCUT2D eigenvalue weighted by Gasteiger charge is 2.32. The largest absolute Gasteiger partial charge is 0.427 e. The van der Waals surface area contributed by atoms with Gasteiger partial charge in [0.15, 0.2) is 6.29 Å². The molecule has 4 heteroatoms. The lowest BCUT2D eigenvalue weighted by Crippen LogP contribution is -2.34. The van der Waals surface area contributed by atoms with Gasteiger partial charge in [0, 0.05) is 17.9 Å². The normalized spacial score (nSPS) is 25.6. The van der Waals surface area contributed by atoms with Crippen molar-refractivity contribution in [3.8, 4) is 5.75 Å². The number of carbonyl (C=O) groups excluding carboxylic acids is 1. The van der Waals surface area contributed by atoms with Crippen LogP contribution in [0.5, 0.6) is 5.75 Å². The van der Waals surface area contributed by atoms with Gasteiger partial charge in [-0.1, -0.05) is 90.2 Å². The van der Waals surface area contributed by atoms with Crippen molar-refractivity contribution in [3.63, 3.8) is 0 Å². The molecule has 1 saturated heterocycles. The molecule has 1 aliphatic carbocycles. The van der Waals surface area contributed by atoms with Crippen molar-refractivity contribution in [2.45, 2.75) is 110 Å². The van der Waals surface area contributed by atoms with E-state index in [1.165, 1.54) is 70.6 Å². The monoisotopic (exact) mass is 458 g/mol. The fourth-order valence-corrected chi connectivity index (χ4v) is 5.44. The van der Waals surface area contributed by atoms with Crippen molar-refractivity contribution in [2.24, 2.45) is 17.8 Å². The standard InChI is InChI=1S/C29H46O4/c1-3-5-6-7-8-9-10-12-28(30)33-27-19-17-25(18-20-27)29-31-21-26(22-32-29)24-15-13-23(11-4-2)14-16-24/h17-20,23-24,26,29H,3-16,21-22H2,1-2H3. The number of benzene rings is 1. The van der Waals surface area contributed by atoms with Crippen LogP contribution in [0.4, 0.5) is 0 Å². The Morgan fingerprint density at radius 3 is 2.09 bits per heavy atom. The molecule has 0 bridgehead atoms. The zero-order valence-corrected chi connectivity index (χ0v) is 21.1. The molecule has 0 spiro atoms. The second-order valence-corrected chi connectivity index (χ2v) is 10.2. The number of carbonyl (C=O) groups is 1. The number of hydrogen-bond acceptors (Lipinski definition) is 4. The van der Waals surface area contributed by atoms with Gasteiger partial charge >= 0.3 is 5.97 Å². The van der Waals surface area contributed by atoms with Crippen LogP contribution in [0.3, 0.4) is 0 Å². The maximum atomic E-state index is 12.1. The average Bonchev–Trinajstić information content (AvgIpc) is 2.85. The lowest BCUT2D eigenvalue weighted by atomic mass is 9.75. The van der Waals surface area contributed by atoms with Crippen LogP contribution in [0.2, 0.25) is 0 Å². The maximum Gasteiger partial charge on any atom is 0.311 e. The SMILES string of the molecule is CCCCCCCCCC(=O)Oc1ccc(C2OCC(C3CCC(CCC)CC3)CO2)cc1. The minimum absolute atomic E-state index is 0.141. The first-order valence-corrected chi connectivity index (χ1v) is 13.7. The molecule has 0 unspecified atom stereocenters. The van der Waals surface area contributed by atoms with Gasteiger partial charge in [-0.15, -0.1) is 0 Å². The molecule has 186 valence electrons. The Morgan fingerprint density at radius 2 is 1.45 bits per heavy atom. The average molecular weight is 459 g/mol. The third-order valence-electron chi connectivity index (χ3n) is 7.55. The summed E-state index contributed by atoms with van der Waals surface area (Å²) in [6.07, 6.45) is 16.7.